The maximum Gasteiger partial charge on any atom is 0.244 e. The van der Waals surface area contributed by atoms with Crippen molar-refractivity contribution in [2.45, 2.75) is 33.2 Å². The average Bonchev–Trinajstić information content (AvgIpc) is 3.01. The molecule has 4 heterocycles. The number of piperidine rings is 1. The molecule has 2 saturated heterocycles. The first-order valence-corrected chi connectivity index (χ1v) is 11.2. The van der Waals surface area contributed by atoms with Gasteiger partial charge in [0.15, 0.2) is 0 Å². The topological polar surface area (TPSA) is 57.5 Å². The highest BCUT2D eigenvalue weighted by Gasteiger charge is 2.27. The highest BCUT2D eigenvalue weighted by atomic mass is 35.5. The second-order valence-corrected chi connectivity index (χ2v) is 8.84. The SMILES string of the molecule is Cc1nn(CC(=O)N2CCCC(CN3CCN(c4ccccn4)CC3)C2)c(C)c1Cl. The molecule has 0 aromatic carbocycles. The van der Waals surface area contributed by atoms with Gasteiger partial charge in [-0.1, -0.05) is 17.7 Å². The van der Waals surface area contributed by atoms with E-state index >= 15 is 0 Å². The van der Waals surface area contributed by atoms with Gasteiger partial charge in [0.1, 0.15) is 12.4 Å². The van der Waals surface area contributed by atoms with Crippen molar-refractivity contribution in [2.75, 3.05) is 50.7 Å². The lowest BCUT2D eigenvalue weighted by Crippen LogP contribution is -2.50. The van der Waals surface area contributed by atoms with Gasteiger partial charge in [0, 0.05) is 52.0 Å². The number of rotatable bonds is 5. The second kappa shape index (κ2) is 9.35. The van der Waals surface area contributed by atoms with E-state index in [1.165, 1.54) is 6.42 Å². The molecule has 0 N–H and O–H groups in total. The minimum absolute atomic E-state index is 0.141. The van der Waals surface area contributed by atoms with Crippen molar-refractivity contribution < 1.29 is 4.79 Å². The maximum atomic E-state index is 12.9. The molecular weight excluding hydrogens is 400 g/mol. The number of nitrogens with zero attached hydrogens (tertiary/aromatic N) is 6. The Labute approximate surface area is 183 Å². The quantitative estimate of drug-likeness (QED) is 0.729. The molecule has 1 atom stereocenters. The van der Waals surface area contributed by atoms with Crippen LogP contribution in [0, 0.1) is 19.8 Å². The number of amides is 1. The van der Waals surface area contributed by atoms with Gasteiger partial charge in [0.25, 0.3) is 0 Å². The highest BCUT2D eigenvalue weighted by molar-refractivity contribution is 6.31. The lowest BCUT2D eigenvalue weighted by Gasteiger charge is -2.39. The first-order chi connectivity index (χ1) is 14.5. The van der Waals surface area contributed by atoms with Crippen molar-refractivity contribution >= 4 is 23.3 Å². The van der Waals surface area contributed by atoms with Gasteiger partial charge in [0.05, 0.1) is 16.4 Å². The molecule has 30 heavy (non-hydrogen) atoms. The van der Waals surface area contributed by atoms with Crippen molar-refractivity contribution in [3.05, 3.63) is 40.8 Å². The number of halogens is 1. The predicted molar refractivity (Wildman–Crippen MR) is 119 cm³/mol. The summed E-state index contributed by atoms with van der Waals surface area (Å²) in [4.78, 5) is 24.3. The van der Waals surface area contributed by atoms with Crippen LogP contribution < -0.4 is 4.90 Å². The van der Waals surface area contributed by atoms with E-state index in [1.807, 2.05) is 37.1 Å². The van der Waals surface area contributed by atoms with Crippen LogP contribution in [0.5, 0.6) is 0 Å². The predicted octanol–water partition coefficient (Wildman–Crippen LogP) is 2.61. The molecule has 7 nitrogen and oxygen atoms in total. The summed E-state index contributed by atoms with van der Waals surface area (Å²) in [5.74, 6) is 1.74. The number of aryl methyl sites for hydroxylation is 1. The van der Waals surface area contributed by atoms with Crippen molar-refractivity contribution in [1.29, 1.82) is 0 Å². The van der Waals surface area contributed by atoms with Crippen LogP contribution in [0.25, 0.3) is 0 Å². The Kier molecular flexibility index (Phi) is 6.58. The largest absolute Gasteiger partial charge is 0.354 e. The Hall–Kier alpha value is -2.12. The molecule has 2 aliphatic heterocycles. The first-order valence-electron chi connectivity index (χ1n) is 10.9. The van der Waals surface area contributed by atoms with E-state index in [0.717, 1.165) is 69.4 Å². The smallest absolute Gasteiger partial charge is 0.244 e. The van der Waals surface area contributed by atoms with Gasteiger partial charge in [0.2, 0.25) is 5.91 Å². The lowest BCUT2D eigenvalue weighted by molar-refractivity contribution is -0.134. The number of carbonyl (C=O) groups is 1. The Morgan fingerprint density at radius 2 is 1.97 bits per heavy atom. The fraction of sp³-hybridized carbons (Fsp3) is 0.591. The Balaban J connectivity index is 1.27. The van der Waals surface area contributed by atoms with Gasteiger partial charge in [-0.2, -0.15) is 5.10 Å². The molecule has 1 unspecified atom stereocenters. The van der Waals surface area contributed by atoms with Crippen molar-refractivity contribution in [3.8, 4) is 0 Å². The molecule has 0 saturated carbocycles. The lowest BCUT2D eigenvalue weighted by atomic mass is 9.97. The Bertz CT molecular complexity index is 862. The molecule has 2 aromatic rings. The van der Waals surface area contributed by atoms with Crippen LogP contribution in [0.3, 0.4) is 0 Å². The van der Waals surface area contributed by atoms with E-state index in [9.17, 15) is 4.79 Å². The number of likely N-dealkylation sites (tertiary alicyclic amines) is 1. The zero-order valence-electron chi connectivity index (χ0n) is 17.9. The van der Waals surface area contributed by atoms with Gasteiger partial charge in [-0.25, -0.2) is 4.98 Å². The van der Waals surface area contributed by atoms with Crippen LogP contribution in [0.1, 0.15) is 24.2 Å². The molecule has 2 aliphatic rings. The van der Waals surface area contributed by atoms with Crippen LogP contribution in [-0.4, -0.2) is 76.3 Å². The standard InChI is InChI=1S/C22H31ClN6O/c1-17-22(23)18(2)29(25-17)16-21(30)28-9-5-6-19(15-28)14-26-10-12-27(13-11-26)20-7-3-4-8-24-20/h3-4,7-8,19H,5-6,9-16H2,1-2H3. The molecule has 162 valence electrons. The van der Waals surface area contributed by atoms with E-state index in [0.29, 0.717) is 10.9 Å². The number of hydrogen-bond donors (Lipinski definition) is 0. The second-order valence-electron chi connectivity index (χ2n) is 8.47. The van der Waals surface area contributed by atoms with Crippen LogP contribution >= 0.6 is 11.6 Å². The molecule has 2 fully saturated rings. The normalized spacial score (nSPS) is 20.6. The molecule has 2 aromatic heterocycles. The Morgan fingerprint density at radius 3 is 2.63 bits per heavy atom. The van der Waals surface area contributed by atoms with E-state index in [2.05, 4.69) is 25.9 Å². The monoisotopic (exact) mass is 430 g/mol. The fourth-order valence-electron chi connectivity index (χ4n) is 4.56. The van der Waals surface area contributed by atoms with E-state index in [1.54, 1.807) is 4.68 Å². The van der Waals surface area contributed by atoms with Crippen LogP contribution in [0.4, 0.5) is 5.82 Å². The summed E-state index contributed by atoms with van der Waals surface area (Å²) in [6.07, 6.45) is 4.12. The Morgan fingerprint density at radius 1 is 1.17 bits per heavy atom. The number of carbonyl (C=O) groups excluding carboxylic acids is 1. The zero-order chi connectivity index (χ0) is 21.1. The third-order valence-electron chi connectivity index (χ3n) is 6.31. The molecule has 0 spiro atoms. The summed E-state index contributed by atoms with van der Waals surface area (Å²) in [5.41, 5.74) is 1.64. The average molecular weight is 431 g/mol. The van der Waals surface area contributed by atoms with E-state index < -0.39 is 0 Å². The summed E-state index contributed by atoms with van der Waals surface area (Å²) in [6, 6.07) is 6.08. The molecule has 0 bridgehead atoms. The fourth-order valence-corrected chi connectivity index (χ4v) is 4.70. The van der Waals surface area contributed by atoms with Crippen LogP contribution in [-0.2, 0) is 11.3 Å². The summed E-state index contributed by atoms with van der Waals surface area (Å²) in [7, 11) is 0. The number of pyridine rings is 1. The van der Waals surface area contributed by atoms with E-state index in [-0.39, 0.29) is 12.5 Å². The van der Waals surface area contributed by atoms with Crippen LogP contribution in [0.2, 0.25) is 5.02 Å². The maximum absolute atomic E-state index is 12.9. The van der Waals surface area contributed by atoms with Gasteiger partial charge < -0.3 is 9.80 Å². The van der Waals surface area contributed by atoms with Gasteiger partial charge in [-0.15, -0.1) is 0 Å². The van der Waals surface area contributed by atoms with Crippen molar-refractivity contribution in [2.24, 2.45) is 5.92 Å². The molecular formula is C22H31ClN6O. The number of hydrogen-bond acceptors (Lipinski definition) is 5. The number of anilines is 1. The molecule has 0 radical (unpaired) electrons. The van der Waals surface area contributed by atoms with Crippen LogP contribution in [0.15, 0.2) is 24.4 Å². The third kappa shape index (κ3) is 4.78. The molecule has 8 heteroatoms. The third-order valence-corrected chi connectivity index (χ3v) is 6.86. The summed E-state index contributed by atoms with van der Waals surface area (Å²) < 4.78 is 1.74. The summed E-state index contributed by atoms with van der Waals surface area (Å²) in [5, 5.41) is 5.07. The molecule has 0 aliphatic carbocycles. The molecule has 4 rings (SSSR count). The number of aromatic nitrogens is 3. The van der Waals surface area contributed by atoms with Crippen molar-refractivity contribution in [3.63, 3.8) is 0 Å². The highest BCUT2D eigenvalue weighted by Crippen LogP contribution is 2.22. The van der Waals surface area contributed by atoms with Gasteiger partial charge >= 0.3 is 0 Å². The van der Waals surface area contributed by atoms with Gasteiger partial charge in [-0.3, -0.25) is 14.4 Å². The van der Waals surface area contributed by atoms with E-state index in [4.69, 9.17) is 11.6 Å². The summed E-state index contributed by atoms with van der Waals surface area (Å²) >= 11 is 6.23. The summed E-state index contributed by atoms with van der Waals surface area (Å²) in [6.45, 7) is 10.9. The molecule has 1 amide bonds. The first kappa shape index (κ1) is 21.1. The zero-order valence-corrected chi connectivity index (χ0v) is 18.7. The minimum atomic E-state index is 0.141. The minimum Gasteiger partial charge on any atom is -0.354 e. The van der Waals surface area contributed by atoms with Crippen molar-refractivity contribution in [1.82, 2.24) is 24.6 Å². The number of piperazine rings is 1. The van der Waals surface area contributed by atoms with Gasteiger partial charge in [-0.05, 0) is 44.7 Å².